The lowest BCUT2D eigenvalue weighted by molar-refractivity contribution is -0.135. The molecule has 1 aliphatic carbocycles. The third kappa shape index (κ3) is 2.24. The van der Waals surface area contributed by atoms with E-state index in [1.165, 1.54) is 0 Å². The van der Waals surface area contributed by atoms with E-state index in [-0.39, 0.29) is 23.8 Å². The zero-order valence-corrected chi connectivity index (χ0v) is 16.9. The highest BCUT2D eigenvalue weighted by atomic mass is 16.2. The molecule has 7 nitrogen and oxygen atoms in total. The quantitative estimate of drug-likeness (QED) is 0.717. The number of imide groups is 1. The molecule has 154 valence electrons. The Labute approximate surface area is 174 Å². The molecular weight excluding hydrogens is 380 g/mol. The first-order valence-electron chi connectivity index (χ1n) is 10.6. The van der Waals surface area contributed by atoms with Crippen LogP contribution in [0, 0.1) is 5.41 Å². The van der Waals surface area contributed by atoms with E-state index in [1.54, 1.807) is 4.90 Å². The number of nitrogens with zero attached hydrogens (tertiary/aromatic N) is 2. The Morgan fingerprint density at radius 1 is 1.13 bits per heavy atom. The normalized spacial score (nSPS) is 31.6. The Balaban J connectivity index is 1.43. The van der Waals surface area contributed by atoms with E-state index in [9.17, 15) is 14.4 Å². The minimum atomic E-state index is -0.655. The van der Waals surface area contributed by atoms with E-state index in [0.717, 1.165) is 43.0 Å². The Morgan fingerprint density at radius 2 is 1.93 bits per heavy atom. The third-order valence-electron chi connectivity index (χ3n) is 7.48. The van der Waals surface area contributed by atoms with Crippen LogP contribution in [0.4, 0.5) is 5.69 Å². The predicted molar refractivity (Wildman–Crippen MR) is 111 cm³/mol. The van der Waals surface area contributed by atoms with Crippen molar-refractivity contribution in [3.8, 4) is 0 Å². The Hall–Kier alpha value is -2.77. The van der Waals surface area contributed by atoms with Crippen molar-refractivity contribution in [2.75, 3.05) is 31.1 Å². The van der Waals surface area contributed by atoms with Gasteiger partial charge in [0.2, 0.25) is 11.8 Å². The second-order valence-corrected chi connectivity index (χ2v) is 9.39. The minimum Gasteiger partial charge on any atom is -0.315 e. The average Bonchev–Trinajstić information content (AvgIpc) is 2.81. The molecule has 3 amide bonds. The van der Waals surface area contributed by atoms with Gasteiger partial charge in [-0.2, -0.15) is 0 Å². The van der Waals surface area contributed by atoms with E-state index >= 15 is 0 Å². The number of rotatable bonds is 2. The van der Waals surface area contributed by atoms with Crippen LogP contribution >= 0.6 is 0 Å². The van der Waals surface area contributed by atoms with E-state index in [2.05, 4.69) is 34.6 Å². The number of amides is 3. The number of carbonyl (C=O) groups is 3. The van der Waals surface area contributed by atoms with Crippen molar-refractivity contribution in [3.63, 3.8) is 0 Å². The molecule has 7 heteroatoms. The first-order valence-corrected chi connectivity index (χ1v) is 10.6. The zero-order chi connectivity index (χ0) is 20.7. The smallest absolute Gasteiger partial charge is 0.259 e. The monoisotopic (exact) mass is 404 g/mol. The standard InChI is InChI=1S/C23H24N4O3/c1-22(26-12-23(13-26)10-24-11-23)9-3-4-14-19-15(22)5-2-6-16(19)27(21(14)30)17-7-8-18(28)25-20(17)29/h2-6,9,17,24H,7-8,10-13H2,1H3,(H,25,28,29). The topological polar surface area (TPSA) is 81.8 Å². The third-order valence-corrected chi connectivity index (χ3v) is 7.48. The van der Waals surface area contributed by atoms with Gasteiger partial charge in [-0.05, 0) is 31.1 Å². The van der Waals surface area contributed by atoms with Gasteiger partial charge < -0.3 is 5.32 Å². The van der Waals surface area contributed by atoms with Gasteiger partial charge in [0, 0.05) is 49.2 Å². The fourth-order valence-electron chi connectivity index (χ4n) is 5.68. The van der Waals surface area contributed by atoms with Gasteiger partial charge in [-0.1, -0.05) is 24.3 Å². The van der Waals surface area contributed by atoms with E-state index in [0.29, 0.717) is 17.4 Å². The summed E-state index contributed by atoms with van der Waals surface area (Å²) in [6.07, 6.45) is 6.64. The zero-order valence-electron chi connectivity index (χ0n) is 16.9. The van der Waals surface area contributed by atoms with Gasteiger partial charge in [-0.3, -0.25) is 29.5 Å². The number of benzene rings is 1. The molecule has 30 heavy (non-hydrogen) atoms. The highest BCUT2D eigenvalue weighted by Gasteiger charge is 2.54. The van der Waals surface area contributed by atoms with Crippen LogP contribution in [0.5, 0.6) is 0 Å². The molecule has 2 N–H and O–H groups in total. The Kier molecular flexibility index (Phi) is 3.54. The molecule has 3 saturated heterocycles. The molecule has 4 aliphatic heterocycles. The van der Waals surface area contributed by atoms with Crippen LogP contribution in [0.2, 0.25) is 0 Å². The molecule has 6 rings (SSSR count). The fraction of sp³-hybridized carbons (Fsp3) is 0.435. The summed E-state index contributed by atoms with van der Waals surface area (Å²) >= 11 is 0. The van der Waals surface area contributed by atoms with Crippen LogP contribution in [0.3, 0.4) is 0 Å². The van der Waals surface area contributed by atoms with Crippen LogP contribution in [0.25, 0.3) is 5.57 Å². The molecule has 0 saturated carbocycles. The van der Waals surface area contributed by atoms with Crippen LogP contribution in [-0.2, 0) is 19.9 Å². The Bertz CT molecular complexity index is 1060. The number of nitrogens with one attached hydrogen (secondary N) is 2. The summed E-state index contributed by atoms with van der Waals surface area (Å²) in [5.74, 6) is -0.833. The van der Waals surface area contributed by atoms with Crippen molar-refractivity contribution in [2.45, 2.75) is 31.3 Å². The van der Waals surface area contributed by atoms with Crippen molar-refractivity contribution in [1.82, 2.24) is 15.5 Å². The van der Waals surface area contributed by atoms with Gasteiger partial charge in [0.1, 0.15) is 6.04 Å². The molecule has 5 aliphatic rings. The van der Waals surface area contributed by atoms with E-state index in [4.69, 9.17) is 0 Å². The first-order chi connectivity index (χ1) is 14.4. The molecule has 2 atom stereocenters. The number of hydrogen-bond acceptors (Lipinski definition) is 5. The number of anilines is 1. The molecule has 1 aromatic carbocycles. The summed E-state index contributed by atoms with van der Waals surface area (Å²) in [5.41, 5.74) is 3.51. The van der Waals surface area contributed by atoms with Crippen LogP contribution in [0.15, 0.2) is 36.4 Å². The SMILES string of the molecule is CC1(N2CC3(CNC3)C2)C=CC=C2C(=O)N(C3CCC(=O)NC3=O)c3cccc1c32. The number of carbonyl (C=O) groups excluding carboxylic acids is 3. The van der Waals surface area contributed by atoms with Gasteiger partial charge in [0.25, 0.3) is 5.91 Å². The summed E-state index contributed by atoms with van der Waals surface area (Å²) in [6.45, 7) is 6.42. The first kappa shape index (κ1) is 18.0. The lowest BCUT2D eigenvalue weighted by atomic mass is 9.70. The molecule has 2 unspecified atom stereocenters. The molecule has 1 spiro atoms. The molecule has 4 heterocycles. The van der Waals surface area contributed by atoms with Crippen LogP contribution < -0.4 is 15.5 Å². The van der Waals surface area contributed by atoms with Crippen molar-refractivity contribution in [2.24, 2.45) is 5.41 Å². The number of piperidine rings is 1. The van der Waals surface area contributed by atoms with Gasteiger partial charge in [0.05, 0.1) is 11.2 Å². The van der Waals surface area contributed by atoms with Gasteiger partial charge >= 0.3 is 0 Å². The molecule has 0 radical (unpaired) electrons. The maximum Gasteiger partial charge on any atom is 0.259 e. The van der Waals surface area contributed by atoms with Crippen molar-refractivity contribution in [1.29, 1.82) is 0 Å². The van der Waals surface area contributed by atoms with Crippen molar-refractivity contribution in [3.05, 3.63) is 47.6 Å². The number of likely N-dealkylation sites (tertiary alicyclic amines) is 1. The summed E-state index contributed by atoms with van der Waals surface area (Å²) in [6, 6.07) is 5.34. The molecule has 0 bridgehead atoms. The van der Waals surface area contributed by atoms with Crippen molar-refractivity contribution < 1.29 is 14.4 Å². The maximum atomic E-state index is 13.4. The van der Waals surface area contributed by atoms with E-state index in [1.807, 2.05) is 24.3 Å². The second-order valence-electron chi connectivity index (χ2n) is 9.39. The number of hydrogen-bond donors (Lipinski definition) is 2. The minimum absolute atomic E-state index is 0.163. The highest BCUT2D eigenvalue weighted by molar-refractivity contribution is 6.34. The molecular formula is C23H24N4O3. The van der Waals surface area contributed by atoms with Crippen molar-refractivity contribution >= 4 is 29.0 Å². The Morgan fingerprint density at radius 3 is 2.63 bits per heavy atom. The lowest BCUT2D eigenvalue weighted by Crippen LogP contribution is -2.73. The van der Waals surface area contributed by atoms with Gasteiger partial charge in [-0.25, -0.2) is 0 Å². The summed E-state index contributed by atoms with van der Waals surface area (Å²) < 4.78 is 0. The average molecular weight is 404 g/mol. The second kappa shape index (κ2) is 5.89. The maximum absolute atomic E-state index is 13.4. The molecule has 3 fully saturated rings. The largest absolute Gasteiger partial charge is 0.315 e. The lowest BCUT2D eigenvalue weighted by Gasteiger charge is -2.61. The van der Waals surface area contributed by atoms with Crippen LogP contribution in [-0.4, -0.2) is 54.8 Å². The molecule has 1 aromatic rings. The van der Waals surface area contributed by atoms with Crippen LogP contribution in [0.1, 0.15) is 30.9 Å². The fourth-order valence-corrected chi connectivity index (χ4v) is 5.68. The summed E-state index contributed by atoms with van der Waals surface area (Å²) in [4.78, 5) is 41.6. The van der Waals surface area contributed by atoms with Gasteiger partial charge in [-0.15, -0.1) is 0 Å². The predicted octanol–water partition coefficient (Wildman–Crippen LogP) is 0.912. The molecule has 0 aromatic heterocycles. The van der Waals surface area contributed by atoms with E-state index < -0.39 is 11.9 Å². The summed E-state index contributed by atoms with van der Waals surface area (Å²) in [7, 11) is 0. The highest BCUT2D eigenvalue weighted by Crippen LogP contribution is 2.50. The number of allylic oxidation sites excluding steroid dienone is 2. The van der Waals surface area contributed by atoms with Gasteiger partial charge in [0.15, 0.2) is 0 Å². The summed E-state index contributed by atoms with van der Waals surface area (Å²) in [5, 5.41) is 5.77.